The molecule has 2 rings (SSSR count). The Morgan fingerprint density at radius 3 is 2.28 bits per heavy atom. The summed E-state index contributed by atoms with van der Waals surface area (Å²) in [5.74, 6) is 0.0652. The van der Waals surface area contributed by atoms with E-state index in [4.69, 9.17) is 17.0 Å². The maximum atomic E-state index is 12.4. The second-order valence-electron chi connectivity index (χ2n) is 7.43. The van der Waals surface area contributed by atoms with Crippen LogP contribution in [0.25, 0.3) is 0 Å². The smallest absolute Gasteiger partial charge is 0.257 e. The van der Waals surface area contributed by atoms with Gasteiger partial charge in [-0.25, -0.2) is 0 Å². The molecular formula is C21H24BrN3O3S. The maximum absolute atomic E-state index is 12.4. The second kappa shape index (κ2) is 9.84. The Bertz CT molecular complexity index is 908. The number of halogens is 1. The normalized spacial score (nSPS) is 10.8. The first-order chi connectivity index (χ1) is 13.6. The fourth-order valence-corrected chi connectivity index (χ4v) is 3.69. The average molecular weight is 478 g/mol. The highest BCUT2D eigenvalue weighted by molar-refractivity contribution is 9.10. The first kappa shape index (κ1) is 22.8. The van der Waals surface area contributed by atoms with Crippen LogP contribution in [0.15, 0.2) is 46.9 Å². The molecule has 2 amide bonds. The van der Waals surface area contributed by atoms with Gasteiger partial charge in [-0.1, -0.05) is 54.9 Å². The topological polar surface area (TPSA) is 79.5 Å². The molecule has 0 fully saturated rings. The van der Waals surface area contributed by atoms with E-state index < -0.39 is 0 Å². The lowest BCUT2D eigenvalue weighted by molar-refractivity contribution is -0.121. The number of nitrogens with one attached hydrogen (secondary N) is 3. The lowest BCUT2D eigenvalue weighted by Crippen LogP contribution is -2.48. The van der Waals surface area contributed by atoms with E-state index in [9.17, 15) is 9.59 Å². The zero-order valence-electron chi connectivity index (χ0n) is 16.8. The van der Waals surface area contributed by atoms with Gasteiger partial charge in [0.25, 0.3) is 5.91 Å². The van der Waals surface area contributed by atoms with Gasteiger partial charge < -0.3 is 4.74 Å². The van der Waals surface area contributed by atoms with E-state index in [-0.39, 0.29) is 28.8 Å². The molecule has 0 spiro atoms. The van der Waals surface area contributed by atoms with Gasteiger partial charge in [-0.15, -0.1) is 0 Å². The molecule has 29 heavy (non-hydrogen) atoms. The Balaban J connectivity index is 1.86. The molecule has 0 aliphatic rings. The third kappa shape index (κ3) is 6.83. The Labute approximate surface area is 184 Å². The monoisotopic (exact) mass is 477 g/mol. The van der Waals surface area contributed by atoms with Crippen molar-refractivity contribution in [3.63, 3.8) is 0 Å². The molecule has 154 valence electrons. The van der Waals surface area contributed by atoms with E-state index >= 15 is 0 Å². The van der Waals surface area contributed by atoms with Gasteiger partial charge in [0.1, 0.15) is 5.75 Å². The first-order valence-corrected chi connectivity index (χ1v) is 10.1. The van der Waals surface area contributed by atoms with Crippen molar-refractivity contribution >= 4 is 45.1 Å². The molecule has 0 unspecified atom stereocenters. The molecule has 0 saturated heterocycles. The molecule has 0 aromatic heterocycles. The number of hydrogen-bond acceptors (Lipinski definition) is 4. The van der Waals surface area contributed by atoms with Crippen LogP contribution < -0.4 is 20.9 Å². The Hall–Kier alpha value is -2.45. The Morgan fingerprint density at radius 2 is 1.72 bits per heavy atom. The summed E-state index contributed by atoms with van der Waals surface area (Å²) in [6, 6.07) is 12.6. The van der Waals surface area contributed by atoms with E-state index in [0.29, 0.717) is 5.56 Å². The third-order valence-electron chi connectivity index (χ3n) is 4.11. The molecule has 0 atom stereocenters. The predicted octanol–water partition coefficient (Wildman–Crippen LogP) is 3.63. The van der Waals surface area contributed by atoms with Crippen molar-refractivity contribution in [2.45, 2.75) is 32.6 Å². The summed E-state index contributed by atoms with van der Waals surface area (Å²) in [5.41, 5.74) is 7.35. The number of methoxy groups -OCH3 is 1. The second-order valence-corrected chi connectivity index (χ2v) is 8.69. The standard InChI is InChI=1S/C21H24BrN3O3S/c1-21(2,3)16-10-7-14(12-17(16)22)19(27)23-20(29)25-24-18(26)11-13-5-8-15(28-4)9-6-13/h5-10,12H,11H2,1-4H3,(H,24,26)(H2,23,25,27,29). The zero-order valence-corrected chi connectivity index (χ0v) is 19.2. The van der Waals surface area contributed by atoms with Crippen LogP contribution in [-0.4, -0.2) is 24.0 Å². The van der Waals surface area contributed by atoms with Gasteiger partial charge in [-0.2, -0.15) is 0 Å². The number of hydrogen-bond donors (Lipinski definition) is 3. The number of hydrazine groups is 1. The number of thiocarbonyl (C=S) groups is 1. The van der Waals surface area contributed by atoms with E-state index in [0.717, 1.165) is 21.3 Å². The van der Waals surface area contributed by atoms with E-state index in [1.54, 1.807) is 43.5 Å². The van der Waals surface area contributed by atoms with Crippen molar-refractivity contribution in [2.24, 2.45) is 0 Å². The molecule has 0 bridgehead atoms. The number of amides is 2. The van der Waals surface area contributed by atoms with E-state index in [1.807, 2.05) is 6.07 Å². The maximum Gasteiger partial charge on any atom is 0.257 e. The SMILES string of the molecule is COc1ccc(CC(=O)NNC(=S)NC(=O)c2ccc(C(C)(C)C)c(Br)c2)cc1. The van der Waals surface area contributed by atoms with Crippen LogP contribution in [0.1, 0.15) is 42.3 Å². The van der Waals surface area contributed by atoms with Crippen LogP contribution in [0.4, 0.5) is 0 Å². The summed E-state index contributed by atoms with van der Waals surface area (Å²) in [6.45, 7) is 6.29. The van der Waals surface area contributed by atoms with Crippen LogP contribution in [-0.2, 0) is 16.6 Å². The van der Waals surface area contributed by atoms with Crippen molar-refractivity contribution < 1.29 is 14.3 Å². The minimum Gasteiger partial charge on any atom is -0.497 e. The third-order valence-corrected chi connectivity index (χ3v) is 4.97. The molecule has 0 saturated carbocycles. The van der Waals surface area contributed by atoms with Crippen LogP contribution >= 0.6 is 28.1 Å². The van der Waals surface area contributed by atoms with Crippen molar-refractivity contribution in [3.05, 3.63) is 63.6 Å². The molecule has 0 aliphatic carbocycles. The highest BCUT2D eigenvalue weighted by Gasteiger charge is 2.18. The minimum absolute atomic E-state index is 0.00843. The molecule has 0 radical (unpaired) electrons. The highest BCUT2D eigenvalue weighted by atomic mass is 79.9. The van der Waals surface area contributed by atoms with E-state index in [2.05, 4.69) is 52.9 Å². The molecule has 6 nitrogen and oxygen atoms in total. The molecule has 8 heteroatoms. The molecular weight excluding hydrogens is 454 g/mol. The van der Waals surface area contributed by atoms with Crippen LogP contribution in [0.5, 0.6) is 5.75 Å². The Morgan fingerprint density at radius 1 is 1.07 bits per heavy atom. The highest BCUT2D eigenvalue weighted by Crippen LogP contribution is 2.30. The zero-order chi connectivity index (χ0) is 21.6. The van der Waals surface area contributed by atoms with Gasteiger partial charge in [-0.05, 0) is 53.0 Å². The van der Waals surface area contributed by atoms with Gasteiger partial charge in [0.05, 0.1) is 13.5 Å². The Kier molecular flexibility index (Phi) is 7.75. The fraction of sp³-hybridized carbons (Fsp3) is 0.286. The lowest BCUT2D eigenvalue weighted by atomic mass is 9.86. The first-order valence-electron chi connectivity index (χ1n) is 8.93. The van der Waals surface area contributed by atoms with Crippen molar-refractivity contribution in [1.82, 2.24) is 16.2 Å². The summed E-state index contributed by atoms with van der Waals surface area (Å²) in [5, 5.41) is 2.55. The van der Waals surface area contributed by atoms with Gasteiger partial charge in [0.15, 0.2) is 5.11 Å². The van der Waals surface area contributed by atoms with Gasteiger partial charge in [-0.3, -0.25) is 25.8 Å². The molecule has 3 N–H and O–H groups in total. The number of carbonyl (C=O) groups excluding carboxylic acids is 2. The summed E-state index contributed by atoms with van der Waals surface area (Å²) in [7, 11) is 1.58. The van der Waals surface area contributed by atoms with Gasteiger partial charge >= 0.3 is 0 Å². The lowest BCUT2D eigenvalue weighted by Gasteiger charge is -2.21. The van der Waals surface area contributed by atoms with E-state index in [1.165, 1.54) is 0 Å². The van der Waals surface area contributed by atoms with Crippen LogP contribution in [0.2, 0.25) is 0 Å². The molecule has 2 aromatic rings. The van der Waals surface area contributed by atoms with Crippen molar-refractivity contribution in [3.8, 4) is 5.75 Å². The summed E-state index contributed by atoms with van der Waals surface area (Å²) in [4.78, 5) is 24.4. The quantitative estimate of drug-likeness (QED) is 0.462. The number of ether oxygens (including phenoxy) is 1. The van der Waals surface area contributed by atoms with Gasteiger partial charge in [0.2, 0.25) is 5.91 Å². The largest absolute Gasteiger partial charge is 0.497 e. The molecule has 0 heterocycles. The number of benzene rings is 2. The van der Waals surface area contributed by atoms with Crippen molar-refractivity contribution in [1.29, 1.82) is 0 Å². The summed E-state index contributed by atoms with van der Waals surface area (Å²) < 4.78 is 5.93. The number of rotatable bonds is 4. The molecule has 2 aromatic carbocycles. The fourth-order valence-electron chi connectivity index (χ4n) is 2.57. The number of carbonyl (C=O) groups is 2. The van der Waals surface area contributed by atoms with Crippen LogP contribution in [0, 0.1) is 0 Å². The average Bonchev–Trinajstić information content (AvgIpc) is 2.66. The van der Waals surface area contributed by atoms with Crippen LogP contribution in [0.3, 0.4) is 0 Å². The minimum atomic E-state index is -0.368. The van der Waals surface area contributed by atoms with Crippen molar-refractivity contribution in [2.75, 3.05) is 7.11 Å². The van der Waals surface area contributed by atoms with Gasteiger partial charge in [0, 0.05) is 10.0 Å². The summed E-state index contributed by atoms with van der Waals surface area (Å²) in [6.07, 6.45) is 0.161. The summed E-state index contributed by atoms with van der Waals surface area (Å²) >= 11 is 8.59. The predicted molar refractivity (Wildman–Crippen MR) is 121 cm³/mol. The molecule has 0 aliphatic heterocycles.